The number of fused-ring (bicyclic) bond motifs is 9. The largest absolute Gasteiger partial charge is 0.292 e. The molecule has 0 unspecified atom stereocenters. The summed E-state index contributed by atoms with van der Waals surface area (Å²) >= 11 is 6.93. The predicted molar refractivity (Wildman–Crippen MR) is 197 cm³/mol. The normalized spacial score (nSPS) is 12.1. The molecule has 45 heavy (non-hydrogen) atoms. The van der Waals surface area contributed by atoms with Crippen LogP contribution < -0.4 is 15.9 Å². The minimum atomic E-state index is -2.44. The Morgan fingerprint density at radius 2 is 1.09 bits per heavy atom. The Kier molecular flexibility index (Phi) is 5.99. The van der Waals surface area contributed by atoms with Crippen molar-refractivity contribution in [2.75, 3.05) is 0 Å². The molecule has 0 saturated heterocycles. The molecule has 0 aliphatic carbocycles. The van der Waals surface area contributed by atoms with E-state index >= 15 is 0 Å². The van der Waals surface area contributed by atoms with Gasteiger partial charge in [0.15, 0.2) is 0 Å². The number of aromatic nitrogens is 2. The molecule has 0 radical (unpaired) electrons. The van der Waals surface area contributed by atoms with Crippen LogP contribution in [-0.2, 0) is 11.8 Å². The van der Waals surface area contributed by atoms with Crippen molar-refractivity contribution in [1.82, 2.24) is 9.38 Å². The van der Waals surface area contributed by atoms with E-state index in [4.69, 9.17) is 16.8 Å². The molecular weight excluding hydrogens is 584 g/mol. The fourth-order valence-corrected chi connectivity index (χ4v) is 11.0. The fourth-order valence-electron chi connectivity index (χ4n) is 6.90. The van der Waals surface area contributed by atoms with Crippen LogP contribution in [0.3, 0.4) is 0 Å². The van der Waals surface area contributed by atoms with E-state index in [0.717, 1.165) is 33.1 Å². The first-order valence-corrected chi connectivity index (χ1v) is 18.0. The molecule has 0 amide bonds. The predicted octanol–water partition coefficient (Wildman–Crippen LogP) is 9.37. The summed E-state index contributed by atoms with van der Waals surface area (Å²) in [4.78, 5) is 5.19. The van der Waals surface area contributed by atoms with Crippen LogP contribution in [0.15, 0.2) is 164 Å². The van der Waals surface area contributed by atoms with Crippen LogP contribution in [0.2, 0.25) is 0 Å². The quantitative estimate of drug-likeness (QED) is 0.146. The van der Waals surface area contributed by atoms with Crippen LogP contribution in [0, 0.1) is 0 Å². The van der Waals surface area contributed by atoms with Crippen LogP contribution in [0.4, 0.5) is 0 Å². The monoisotopic (exact) mass is 610 g/mol. The Hall–Kier alpha value is -5.08. The fraction of sp³-hybridized carbons (Fsp3) is 0. The SMILES string of the molecule is S=P(c1ccccc1)(c1ccccc1)c1cc2ccccc2cc1-c1ccc2c3ccccc3n3c4ccccc4nc3c2c1. The number of benzene rings is 7. The average Bonchev–Trinajstić information content (AvgIpc) is 3.52. The molecule has 0 aliphatic rings. The molecule has 2 aromatic heterocycles. The van der Waals surface area contributed by atoms with Crippen molar-refractivity contribution in [2.45, 2.75) is 0 Å². The molecule has 7 aromatic carbocycles. The molecule has 9 aromatic rings. The van der Waals surface area contributed by atoms with Crippen molar-refractivity contribution >= 4 is 82.9 Å². The van der Waals surface area contributed by atoms with E-state index in [9.17, 15) is 0 Å². The van der Waals surface area contributed by atoms with E-state index in [1.807, 2.05) is 0 Å². The summed E-state index contributed by atoms with van der Waals surface area (Å²) in [6, 6.07) is 56.3. The number of para-hydroxylation sites is 3. The number of hydrogen-bond acceptors (Lipinski definition) is 2. The van der Waals surface area contributed by atoms with Crippen molar-refractivity contribution in [3.8, 4) is 11.1 Å². The summed E-state index contributed by atoms with van der Waals surface area (Å²) in [5.74, 6) is 0. The molecule has 0 atom stereocenters. The van der Waals surface area contributed by atoms with Crippen LogP contribution in [0.5, 0.6) is 0 Å². The third-order valence-electron chi connectivity index (χ3n) is 9.01. The van der Waals surface area contributed by atoms with Gasteiger partial charge in [0.2, 0.25) is 0 Å². The zero-order valence-electron chi connectivity index (χ0n) is 24.3. The smallest absolute Gasteiger partial charge is 0.146 e. The summed E-state index contributed by atoms with van der Waals surface area (Å²) in [6.45, 7) is 0. The number of rotatable bonds is 4. The lowest BCUT2D eigenvalue weighted by Gasteiger charge is -2.27. The van der Waals surface area contributed by atoms with Crippen LogP contribution in [0.1, 0.15) is 0 Å². The minimum absolute atomic E-state index is 0.972. The lowest BCUT2D eigenvalue weighted by molar-refractivity contribution is 1.31. The van der Waals surface area contributed by atoms with Gasteiger partial charge in [0, 0.05) is 22.1 Å². The summed E-state index contributed by atoms with van der Waals surface area (Å²) in [5.41, 5.74) is 6.57. The van der Waals surface area contributed by atoms with Crippen molar-refractivity contribution in [2.24, 2.45) is 0 Å². The zero-order chi connectivity index (χ0) is 30.0. The van der Waals surface area contributed by atoms with Crippen molar-refractivity contribution in [3.63, 3.8) is 0 Å². The Labute approximate surface area is 266 Å². The van der Waals surface area contributed by atoms with E-state index in [0.29, 0.717) is 0 Å². The second-order valence-electron chi connectivity index (χ2n) is 11.5. The molecule has 4 heteroatoms. The highest BCUT2D eigenvalue weighted by Crippen LogP contribution is 2.47. The van der Waals surface area contributed by atoms with Gasteiger partial charge in [-0.2, -0.15) is 0 Å². The van der Waals surface area contributed by atoms with Crippen molar-refractivity contribution < 1.29 is 0 Å². The van der Waals surface area contributed by atoms with Gasteiger partial charge < -0.3 is 0 Å². The Balaban J connectivity index is 1.41. The third kappa shape index (κ3) is 4.02. The lowest BCUT2D eigenvalue weighted by Crippen LogP contribution is -2.26. The molecule has 2 nitrogen and oxygen atoms in total. The van der Waals surface area contributed by atoms with Gasteiger partial charge in [-0.25, -0.2) is 4.98 Å². The average molecular weight is 611 g/mol. The van der Waals surface area contributed by atoms with Gasteiger partial charge in [0.1, 0.15) is 5.65 Å². The molecule has 0 aliphatic heterocycles. The second-order valence-corrected chi connectivity index (χ2v) is 15.9. The molecule has 0 fully saturated rings. The number of nitrogens with zero attached hydrogens (tertiary/aromatic N) is 2. The maximum Gasteiger partial charge on any atom is 0.146 e. The van der Waals surface area contributed by atoms with Gasteiger partial charge in [0.05, 0.1) is 16.6 Å². The maximum absolute atomic E-state index is 6.93. The van der Waals surface area contributed by atoms with Gasteiger partial charge in [-0.3, -0.25) is 4.40 Å². The van der Waals surface area contributed by atoms with Crippen LogP contribution >= 0.6 is 6.04 Å². The van der Waals surface area contributed by atoms with E-state index in [1.54, 1.807) is 0 Å². The van der Waals surface area contributed by atoms with Crippen LogP contribution in [0.25, 0.3) is 60.3 Å². The molecule has 0 saturated carbocycles. The third-order valence-corrected chi connectivity index (χ3v) is 14.0. The van der Waals surface area contributed by atoms with Crippen molar-refractivity contribution in [1.29, 1.82) is 0 Å². The highest BCUT2D eigenvalue weighted by molar-refractivity contribution is 8.25. The number of imidazole rings is 1. The molecular formula is C41H27N2PS. The second kappa shape index (κ2) is 10.2. The minimum Gasteiger partial charge on any atom is -0.292 e. The summed E-state index contributed by atoms with van der Waals surface area (Å²) in [7, 11) is 0. The highest BCUT2D eigenvalue weighted by Gasteiger charge is 2.28. The summed E-state index contributed by atoms with van der Waals surface area (Å²) in [5, 5.41) is 9.54. The molecule has 0 N–H and O–H groups in total. The van der Waals surface area contributed by atoms with E-state index in [-0.39, 0.29) is 0 Å². The van der Waals surface area contributed by atoms with Crippen molar-refractivity contribution in [3.05, 3.63) is 164 Å². The van der Waals surface area contributed by atoms with Gasteiger partial charge in [0.25, 0.3) is 0 Å². The lowest BCUT2D eigenvalue weighted by atomic mass is 9.97. The van der Waals surface area contributed by atoms with E-state index in [1.165, 1.54) is 43.0 Å². The molecule has 212 valence electrons. The topological polar surface area (TPSA) is 17.3 Å². The van der Waals surface area contributed by atoms with Crippen LogP contribution in [-0.4, -0.2) is 9.38 Å². The summed E-state index contributed by atoms with van der Waals surface area (Å²) in [6.07, 6.45) is 0. The standard InChI is InChI=1S/C41H27N2PS/c45-44(31-15-3-1-4-16-31,32-17-5-2-6-18-32)40-27-29-14-8-7-13-28(29)25-35(40)30-23-24-33-34-19-9-11-21-38(34)43-39-22-12-10-20-37(39)42-41(43)36(33)26-30/h1-27H. The first-order valence-electron chi connectivity index (χ1n) is 15.2. The molecule has 0 bridgehead atoms. The Bertz CT molecular complexity index is 2580. The molecule has 2 heterocycles. The maximum atomic E-state index is 6.93. The Morgan fingerprint density at radius 1 is 0.489 bits per heavy atom. The van der Waals surface area contributed by atoms with E-state index in [2.05, 4.69) is 168 Å². The Morgan fingerprint density at radius 3 is 1.82 bits per heavy atom. The van der Waals surface area contributed by atoms with Gasteiger partial charge in [-0.05, 0) is 74.3 Å². The first-order chi connectivity index (χ1) is 22.2. The first kappa shape index (κ1) is 26.3. The molecule has 9 rings (SSSR count). The van der Waals surface area contributed by atoms with Gasteiger partial charge in [-0.15, -0.1) is 0 Å². The number of hydrogen-bond donors (Lipinski definition) is 0. The van der Waals surface area contributed by atoms with Gasteiger partial charge >= 0.3 is 0 Å². The highest BCUT2D eigenvalue weighted by atomic mass is 32.4. The summed E-state index contributed by atoms with van der Waals surface area (Å²) < 4.78 is 2.32. The van der Waals surface area contributed by atoms with Gasteiger partial charge in [-0.1, -0.05) is 139 Å². The van der Waals surface area contributed by atoms with E-state index < -0.39 is 6.04 Å². The number of pyridine rings is 1. The molecule has 0 spiro atoms. The zero-order valence-corrected chi connectivity index (χ0v) is 26.0.